The molecule has 5 rings (SSSR count). The number of hydrogen-bond acceptors (Lipinski definition) is 7. The second-order valence-electron chi connectivity index (χ2n) is 10.0. The minimum Gasteiger partial charge on any atom is -0.507 e. The van der Waals surface area contributed by atoms with Gasteiger partial charge in [0.2, 0.25) is 0 Å². The number of anilines is 1. The van der Waals surface area contributed by atoms with Crippen LogP contribution < -0.4 is 19.1 Å². The third-order valence-corrected chi connectivity index (χ3v) is 7.36. The maximum Gasteiger partial charge on any atom is 0.174 e. The summed E-state index contributed by atoms with van der Waals surface area (Å²) in [6, 6.07) is 19.4. The lowest BCUT2D eigenvalue weighted by Gasteiger charge is -2.36. The van der Waals surface area contributed by atoms with E-state index in [0.29, 0.717) is 18.1 Å². The van der Waals surface area contributed by atoms with E-state index in [1.807, 2.05) is 43.3 Å². The van der Waals surface area contributed by atoms with Crippen LogP contribution >= 0.6 is 0 Å². The number of para-hydroxylation sites is 2. The van der Waals surface area contributed by atoms with Crippen LogP contribution in [0.4, 0.5) is 5.69 Å². The maximum atomic E-state index is 12.8. The normalized spacial score (nSPS) is 17.6. The monoisotopic (exact) mass is 516 g/mol. The molecule has 2 heterocycles. The van der Waals surface area contributed by atoms with Gasteiger partial charge in [-0.2, -0.15) is 0 Å². The Labute approximate surface area is 224 Å². The third-order valence-electron chi connectivity index (χ3n) is 7.36. The lowest BCUT2D eigenvalue weighted by molar-refractivity contribution is 0.0844. The summed E-state index contributed by atoms with van der Waals surface area (Å²) >= 11 is 0. The summed E-state index contributed by atoms with van der Waals surface area (Å²) in [4.78, 5) is 17.6. The largest absolute Gasteiger partial charge is 0.507 e. The number of fused-ring (bicyclic) bond motifs is 1. The lowest BCUT2D eigenvalue weighted by atomic mass is 9.95. The molecule has 0 saturated carbocycles. The van der Waals surface area contributed by atoms with Crippen molar-refractivity contribution in [2.24, 2.45) is 0 Å². The van der Waals surface area contributed by atoms with Crippen LogP contribution in [0.25, 0.3) is 0 Å². The Hall–Kier alpha value is -3.71. The number of benzene rings is 3. The highest BCUT2D eigenvalue weighted by molar-refractivity contribution is 6.02. The van der Waals surface area contributed by atoms with Crippen molar-refractivity contribution in [3.63, 3.8) is 0 Å². The molecule has 38 heavy (non-hydrogen) atoms. The van der Waals surface area contributed by atoms with E-state index in [4.69, 9.17) is 14.2 Å². The molecule has 0 unspecified atom stereocenters. The minimum atomic E-state index is -0.367. The predicted octanol–water partition coefficient (Wildman–Crippen LogP) is 5.40. The van der Waals surface area contributed by atoms with E-state index in [1.165, 1.54) is 6.07 Å². The van der Waals surface area contributed by atoms with Crippen molar-refractivity contribution in [2.45, 2.75) is 32.3 Å². The van der Waals surface area contributed by atoms with Crippen LogP contribution in [0.3, 0.4) is 0 Å². The molecule has 1 atom stereocenters. The van der Waals surface area contributed by atoms with E-state index >= 15 is 0 Å². The Kier molecular flexibility index (Phi) is 8.03. The Balaban J connectivity index is 1.09. The van der Waals surface area contributed by atoms with Crippen LogP contribution in [0.15, 0.2) is 60.7 Å². The first-order valence-electron chi connectivity index (χ1n) is 13.4. The summed E-state index contributed by atoms with van der Waals surface area (Å²) in [6.07, 6.45) is 1.76. The van der Waals surface area contributed by atoms with E-state index in [-0.39, 0.29) is 29.6 Å². The van der Waals surface area contributed by atoms with Gasteiger partial charge in [0.1, 0.15) is 34.7 Å². The van der Waals surface area contributed by atoms with Gasteiger partial charge in [0, 0.05) is 38.3 Å². The minimum absolute atomic E-state index is 0.0854. The van der Waals surface area contributed by atoms with Gasteiger partial charge >= 0.3 is 0 Å². The van der Waals surface area contributed by atoms with Crippen molar-refractivity contribution < 1.29 is 24.1 Å². The fourth-order valence-electron chi connectivity index (χ4n) is 5.20. The van der Waals surface area contributed by atoms with Crippen molar-refractivity contribution >= 4 is 11.5 Å². The number of nitrogens with zero attached hydrogens (tertiary/aromatic N) is 2. The Morgan fingerprint density at radius 3 is 2.53 bits per heavy atom. The number of phenols is 1. The van der Waals surface area contributed by atoms with E-state index in [0.717, 1.165) is 68.1 Å². The molecule has 0 aromatic heterocycles. The van der Waals surface area contributed by atoms with E-state index < -0.39 is 0 Å². The number of carbonyl (C=O) groups excluding carboxylic acids is 1. The van der Waals surface area contributed by atoms with E-state index in [1.54, 1.807) is 13.2 Å². The van der Waals surface area contributed by atoms with Crippen molar-refractivity contribution in [3.05, 3.63) is 77.4 Å². The molecule has 0 spiro atoms. The zero-order chi connectivity index (χ0) is 26.5. The molecule has 1 saturated heterocycles. The first kappa shape index (κ1) is 25.9. The third kappa shape index (κ3) is 5.89. The highest BCUT2D eigenvalue weighted by atomic mass is 16.5. The molecule has 2 aliphatic heterocycles. The number of aryl methyl sites for hydroxylation is 1. The van der Waals surface area contributed by atoms with Crippen molar-refractivity contribution in [1.29, 1.82) is 0 Å². The summed E-state index contributed by atoms with van der Waals surface area (Å²) < 4.78 is 17.6. The number of aromatic hydroxyl groups is 1. The molecule has 1 fully saturated rings. The number of carbonyl (C=O) groups is 1. The van der Waals surface area contributed by atoms with E-state index in [9.17, 15) is 9.90 Å². The van der Waals surface area contributed by atoms with Crippen LogP contribution in [0, 0.1) is 6.92 Å². The van der Waals surface area contributed by atoms with Gasteiger partial charge in [-0.15, -0.1) is 0 Å². The second kappa shape index (κ2) is 11.8. The number of unbranched alkanes of at least 4 members (excludes halogenated alkanes) is 1. The molecule has 3 aromatic carbocycles. The molecule has 0 radical (unpaired) electrons. The quantitative estimate of drug-likeness (QED) is 0.382. The molecule has 2 aliphatic rings. The number of methoxy groups -OCH3 is 1. The molecule has 0 amide bonds. The van der Waals surface area contributed by atoms with Crippen molar-refractivity contribution in [1.82, 2.24) is 4.90 Å². The van der Waals surface area contributed by atoms with Gasteiger partial charge in [-0.3, -0.25) is 9.69 Å². The number of hydrogen-bond donors (Lipinski definition) is 1. The van der Waals surface area contributed by atoms with Gasteiger partial charge in [0.05, 0.1) is 25.8 Å². The zero-order valence-electron chi connectivity index (χ0n) is 22.2. The predicted molar refractivity (Wildman–Crippen MR) is 148 cm³/mol. The van der Waals surface area contributed by atoms with Gasteiger partial charge in [-0.1, -0.05) is 42.0 Å². The highest BCUT2D eigenvalue weighted by Crippen LogP contribution is 2.42. The fraction of sp³-hybridized carbons (Fsp3) is 0.387. The van der Waals surface area contributed by atoms with Crippen LogP contribution in [0.2, 0.25) is 0 Å². The average Bonchev–Trinajstić information content (AvgIpc) is 2.93. The number of rotatable bonds is 9. The Morgan fingerprint density at radius 2 is 1.76 bits per heavy atom. The van der Waals surface area contributed by atoms with Gasteiger partial charge in [-0.05, 0) is 44.0 Å². The molecule has 7 heteroatoms. The standard InChI is InChI=1S/C31H36N2O5/c1-22-9-11-23(12-10-22)29-21-27(35)31-26(34)19-24(20-30(31)38-29)37-18-6-5-13-32-14-16-33(17-15-32)25-7-3-4-8-28(25)36-2/h3-4,7-12,19-20,29,34H,5-6,13-18,21H2,1-2H3/t29-/m0/s1. The molecule has 1 N–H and O–H groups in total. The number of piperazine rings is 1. The second-order valence-corrected chi connectivity index (χ2v) is 10.0. The van der Waals surface area contributed by atoms with Crippen LogP contribution in [0.5, 0.6) is 23.0 Å². The summed E-state index contributed by atoms with van der Waals surface area (Å²) in [5.41, 5.74) is 3.50. The molecule has 3 aromatic rings. The highest BCUT2D eigenvalue weighted by Gasteiger charge is 2.31. The SMILES string of the molecule is COc1ccccc1N1CCN(CCCCOc2cc(O)c3c(c2)O[C@H](c2ccc(C)cc2)CC3=O)CC1. The number of ketones is 1. The first-order valence-corrected chi connectivity index (χ1v) is 13.4. The van der Waals surface area contributed by atoms with Gasteiger partial charge < -0.3 is 24.2 Å². The van der Waals surface area contributed by atoms with Gasteiger partial charge in [0.15, 0.2) is 5.78 Å². The Morgan fingerprint density at radius 1 is 1.00 bits per heavy atom. The van der Waals surface area contributed by atoms with Crippen LogP contribution in [0.1, 0.15) is 46.9 Å². The first-order chi connectivity index (χ1) is 18.5. The molecule has 0 aliphatic carbocycles. The molecule has 200 valence electrons. The van der Waals surface area contributed by atoms with Crippen molar-refractivity contribution in [3.8, 4) is 23.0 Å². The molecular weight excluding hydrogens is 480 g/mol. The summed E-state index contributed by atoms with van der Waals surface area (Å²) in [7, 11) is 1.72. The van der Waals surface area contributed by atoms with Crippen LogP contribution in [-0.4, -0.2) is 62.2 Å². The van der Waals surface area contributed by atoms with E-state index in [2.05, 4.69) is 21.9 Å². The maximum absolute atomic E-state index is 12.8. The topological polar surface area (TPSA) is 71.5 Å². The average molecular weight is 517 g/mol. The summed E-state index contributed by atoms with van der Waals surface area (Å²) in [5, 5.41) is 10.5. The molecule has 0 bridgehead atoms. The van der Waals surface area contributed by atoms with Crippen molar-refractivity contribution in [2.75, 3.05) is 51.3 Å². The lowest BCUT2D eigenvalue weighted by Crippen LogP contribution is -2.46. The molecular formula is C31H36N2O5. The Bertz CT molecular complexity index is 1250. The summed E-state index contributed by atoms with van der Waals surface area (Å²) in [6.45, 7) is 7.58. The summed E-state index contributed by atoms with van der Waals surface area (Å²) in [5.74, 6) is 1.62. The van der Waals surface area contributed by atoms with Gasteiger partial charge in [0.25, 0.3) is 0 Å². The smallest absolute Gasteiger partial charge is 0.174 e. The molecule has 7 nitrogen and oxygen atoms in total. The number of ether oxygens (including phenoxy) is 3. The fourth-order valence-corrected chi connectivity index (χ4v) is 5.20. The van der Waals surface area contributed by atoms with Crippen LogP contribution in [-0.2, 0) is 0 Å². The number of phenolic OH excluding ortho intramolecular Hbond substituents is 1. The van der Waals surface area contributed by atoms with Gasteiger partial charge in [-0.25, -0.2) is 0 Å². The zero-order valence-corrected chi connectivity index (χ0v) is 22.2. The number of Topliss-reactive ketones (excluding diaryl/α,β-unsaturated/α-hetero) is 1.